The van der Waals surface area contributed by atoms with E-state index >= 15 is 0 Å². The van der Waals surface area contributed by atoms with Gasteiger partial charge in [-0.1, -0.05) is 5.21 Å². The van der Waals surface area contributed by atoms with Crippen LogP contribution < -0.4 is 5.32 Å². The topological polar surface area (TPSA) is 80.1 Å². The number of nitrogens with one attached hydrogen (secondary N) is 1. The van der Waals surface area contributed by atoms with Gasteiger partial charge in [0, 0.05) is 19.0 Å². The van der Waals surface area contributed by atoms with E-state index in [0.29, 0.717) is 5.82 Å². The maximum Gasteiger partial charge on any atom is 0.244 e. The second kappa shape index (κ2) is 4.99. The molecule has 1 aliphatic heterocycles. The van der Waals surface area contributed by atoms with E-state index in [-0.39, 0.29) is 24.3 Å². The molecular formula is C12H17N5O2. The van der Waals surface area contributed by atoms with Crippen LogP contribution >= 0.6 is 0 Å². The fourth-order valence-corrected chi connectivity index (χ4v) is 2.21. The molecule has 0 aromatic carbocycles. The molecule has 1 aliphatic carbocycles. The lowest BCUT2D eigenvalue weighted by molar-refractivity contribution is -0.131. The minimum atomic E-state index is -0.00193. The second-order valence-corrected chi connectivity index (χ2v) is 5.15. The number of hydrogen-bond acceptors (Lipinski definition) is 4. The molecule has 2 heterocycles. The predicted octanol–water partition coefficient (Wildman–Crippen LogP) is 0.249. The molecule has 0 atom stereocenters. The quantitative estimate of drug-likeness (QED) is 0.844. The zero-order valence-electron chi connectivity index (χ0n) is 10.7. The Bertz CT molecular complexity index is 488. The molecule has 0 unspecified atom stereocenters. The van der Waals surface area contributed by atoms with Gasteiger partial charge in [0.25, 0.3) is 0 Å². The molecule has 0 spiro atoms. The fourth-order valence-electron chi connectivity index (χ4n) is 2.21. The van der Waals surface area contributed by atoms with Crippen LogP contribution in [0.25, 0.3) is 0 Å². The number of carbonyl (C=O) groups is 2. The molecule has 19 heavy (non-hydrogen) atoms. The molecule has 2 amide bonds. The Labute approximate surface area is 110 Å². The molecule has 7 heteroatoms. The van der Waals surface area contributed by atoms with E-state index in [4.69, 9.17) is 0 Å². The first-order valence-corrected chi connectivity index (χ1v) is 6.71. The van der Waals surface area contributed by atoms with Gasteiger partial charge < -0.3 is 10.2 Å². The average Bonchev–Trinajstić information content (AvgIpc) is 2.92. The molecule has 1 aromatic heterocycles. The van der Waals surface area contributed by atoms with Gasteiger partial charge in [-0.25, -0.2) is 4.68 Å². The van der Waals surface area contributed by atoms with Crippen LogP contribution in [0.4, 0.5) is 5.82 Å². The van der Waals surface area contributed by atoms with E-state index in [2.05, 4.69) is 15.6 Å². The highest BCUT2D eigenvalue weighted by atomic mass is 16.2. The highest BCUT2D eigenvalue weighted by Crippen LogP contribution is 2.29. The predicted molar refractivity (Wildman–Crippen MR) is 67.2 cm³/mol. The van der Waals surface area contributed by atoms with E-state index in [1.165, 1.54) is 4.68 Å². The monoisotopic (exact) mass is 263 g/mol. The summed E-state index contributed by atoms with van der Waals surface area (Å²) in [6, 6.07) is 0. The van der Waals surface area contributed by atoms with Crippen LogP contribution in [0, 0.1) is 5.92 Å². The largest absolute Gasteiger partial charge is 0.341 e. The average molecular weight is 263 g/mol. The van der Waals surface area contributed by atoms with Crippen molar-refractivity contribution >= 4 is 17.6 Å². The zero-order chi connectivity index (χ0) is 13.2. The van der Waals surface area contributed by atoms with Crippen LogP contribution in [0.1, 0.15) is 25.7 Å². The third kappa shape index (κ3) is 2.91. The summed E-state index contributed by atoms with van der Waals surface area (Å²) in [6.07, 6.45) is 5.66. The Kier molecular flexibility index (Phi) is 3.18. The number of aromatic nitrogens is 3. The van der Waals surface area contributed by atoms with Gasteiger partial charge >= 0.3 is 0 Å². The molecule has 1 saturated carbocycles. The minimum absolute atomic E-state index is 0.00193. The minimum Gasteiger partial charge on any atom is -0.341 e. The van der Waals surface area contributed by atoms with Gasteiger partial charge in [0.1, 0.15) is 6.54 Å². The highest BCUT2D eigenvalue weighted by Gasteiger charge is 2.30. The first-order valence-electron chi connectivity index (χ1n) is 6.71. The van der Waals surface area contributed by atoms with Crippen LogP contribution in [0.15, 0.2) is 6.20 Å². The van der Waals surface area contributed by atoms with Gasteiger partial charge in [0.2, 0.25) is 11.8 Å². The van der Waals surface area contributed by atoms with Gasteiger partial charge in [-0.05, 0) is 25.7 Å². The Hall–Kier alpha value is -1.92. The summed E-state index contributed by atoms with van der Waals surface area (Å²) in [5.74, 6) is 0.614. The van der Waals surface area contributed by atoms with Crippen molar-refractivity contribution in [3.05, 3.63) is 6.20 Å². The van der Waals surface area contributed by atoms with E-state index < -0.39 is 0 Å². The number of hydrogen-bond donors (Lipinski definition) is 1. The summed E-state index contributed by atoms with van der Waals surface area (Å²) in [5, 5.41) is 10.4. The van der Waals surface area contributed by atoms with Crippen molar-refractivity contribution < 1.29 is 9.59 Å². The maximum absolute atomic E-state index is 11.9. The summed E-state index contributed by atoms with van der Waals surface area (Å²) >= 11 is 0. The van der Waals surface area contributed by atoms with Crippen molar-refractivity contribution in [1.29, 1.82) is 0 Å². The molecule has 1 saturated heterocycles. The first kappa shape index (κ1) is 12.1. The number of anilines is 1. The molecular weight excluding hydrogens is 246 g/mol. The van der Waals surface area contributed by atoms with Crippen LogP contribution in [0.2, 0.25) is 0 Å². The van der Waals surface area contributed by atoms with Gasteiger partial charge in [-0.2, -0.15) is 0 Å². The molecule has 1 aromatic rings. The van der Waals surface area contributed by atoms with E-state index in [0.717, 1.165) is 38.8 Å². The number of likely N-dealkylation sites (tertiary alicyclic amines) is 1. The molecule has 2 fully saturated rings. The SMILES string of the molecule is O=C(Nc1cn(CC(=O)N2CCCC2)nn1)C1CC1. The maximum atomic E-state index is 11.9. The van der Waals surface area contributed by atoms with Crippen molar-refractivity contribution in [1.82, 2.24) is 19.9 Å². The van der Waals surface area contributed by atoms with Crippen LogP contribution in [-0.2, 0) is 16.1 Å². The van der Waals surface area contributed by atoms with Gasteiger partial charge in [0.05, 0.1) is 6.20 Å². The molecule has 0 radical (unpaired) electrons. The van der Waals surface area contributed by atoms with Gasteiger partial charge in [-0.3, -0.25) is 9.59 Å². The van der Waals surface area contributed by atoms with E-state index in [9.17, 15) is 9.59 Å². The smallest absolute Gasteiger partial charge is 0.244 e. The standard InChI is InChI=1S/C12H17N5O2/c18-11(16-5-1-2-6-16)8-17-7-10(14-15-17)13-12(19)9-3-4-9/h7,9H,1-6,8H2,(H,13,19). The van der Waals surface area contributed by atoms with Crippen molar-refractivity contribution in [3.63, 3.8) is 0 Å². The third-order valence-corrected chi connectivity index (χ3v) is 3.49. The van der Waals surface area contributed by atoms with Crippen molar-refractivity contribution in [2.24, 2.45) is 5.92 Å². The first-order chi connectivity index (χ1) is 9.22. The van der Waals surface area contributed by atoms with Gasteiger partial charge in [-0.15, -0.1) is 5.10 Å². The number of nitrogens with zero attached hydrogens (tertiary/aromatic N) is 4. The Morgan fingerprint density at radius 3 is 2.74 bits per heavy atom. The van der Waals surface area contributed by atoms with Crippen molar-refractivity contribution in [3.8, 4) is 0 Å². The Morgan fingerprint density at radius 2 is 2.05 bits per heavy atom. The lowest BCUT2D eigenvalue weighted by Gasteiger charge is -2.14. The molecule has 3 rings (SSSR count). The number of amides is 2. The Balaban J connectivity index is 1.54. The molecule has 102 valence electrons. The molecule has 1 N–H and O–H groups in total. The van der Waals surface area contributed by atoms with Gasteiger partial charge in [0.15, 0.2) is 5.82 Å². The van der Waals surface area contributed by atoms with E-state index in [1.807, 2.05) is 4.90 Å². The molecule has 2 aliphatic rings. The number of carbonyl (C=O) groups excluding carboxylic acids is 2. The summed E-state index contributed by atoms with van der Waals surface area (Å²) in [6.45, 7) is 1.85. The zero-order valence-corrected chi connectivity index (χ0v) is 10.7. The summed E-state index contributed by atoms with van der Waals surface area (Å²) < 4.78 is 1.48. The van der Waals surface area contributed by atoms with Crippen molar-refractivity contribution in [2.75, 3.05) is 18.4 Å². The Morgan fingerprint density at radius 1 is 1.32 bits per heavy atom. The van der Waals surface area contributed by atoms with Crippen LogP contribution in [0.3, 0.4) is 0 Å². The summed E-state index contributed by atoms with van der Waals surface area (Å²) in [5.41, 5.74) is 0. The molecule has 7 nitrogen and oxygen atoms in total. The summed E-state index contributed by atoms with van der Waals surface area (Å²) in [4.78, 5) is 25.3. The van der Waals surface area contributed by atoms with Crippen molar-refractivity contribution in [2.45, 2.75) is 32.2 Å². The van der Waals surface area contributed by atoms with E-state index in [1.54, 1.807) is 6.20 Å². The summed E-state index contributed by atoms with van der Waals surface area (Å²) in [7, 11) is 0. The fraction of sp³-hybridized carbons (Fsp3) is 0.667. The second-order valence-electron chi connectivity index (χ2n) is 5.15. The molecule has 0 bridgehead atoms. The van der Waals surface area contributed by atoms with Crippen LogP contribution in [-0.4, -0.2) is 44.8 Å². The third-order valence-electron chi connectivity index (χ3n) is 3.49. The van der Waals surface area contributed by atoms with Crippen LogP contribution in [0.5, 0.6) is 0 Å². The highest BCUT2D eigenvalue weighted by molar-refractivity contribution is 5.93. The normalized spacial score (nSPS) is 18.6. The lowest BCUT2D eigenvalue weighted by atomic mass is 10.4. The lowest BCUT2D eigenvalue weighted by Crippen LogP contribution is -2.31. The number of rotatable bonds is 4.